The Bertz CT molecular complexity index is 428. The van der Waals surface area contributed by atoms with Gasteiger partial charge in [0.2, 0.25) is 0 Å². The van der Waals surface area contributed by atoms with Crippen LogP contribution in [0.1, 0.15) is 43.3 Å². The molecule has 1 aliphatic rings. The average Bonchev–Trinajstić information content (AvgIpc) is 2.55. The fourth-order valence-electron chi connectivity index (χ4n) is 2.28. The SMILES string of the molecule is CCOCCc1nc(=S)c2c([nH]1)CCCCC2. The van der Waals surface area contributed by atoms with Crippen molar-refractivity contribution in [1.82, 2.24) is 9.97 Å². The molecule has 1 aromatic heterocycles. The Morgan fingerprint density at radius 2 is 2.12 bits per heavy atom. The molecule has 0 amide bonds. The standard InChI is InChI=1S/C13H20N2OS/c1-2-16-9-8-12-14-11-7-5-3-4-6-10(11)13(17)15-12/h2-9H2,1H3,(H,14,15,17). The lowest BCUT2D eigenvalue weighted by Crippen LogP contribution is -2.07. The van der Waals surface area contributed by atoms with Crippen molar-refractivity contribution >= 4 is 12.2 Å². The summed E-state index contributed by atoms with van der Waals surface area (Å²) in [6, 6.07) is 0. The number of rotatable bonds is 4. The molecule has 94 valence electrons. The van der Waals surface area contributed by atoms with Gasteiger partial charge in [-0.05, 0) is 32.6 Å². The van der Waals surface area contributed by atoms with Crippen molar-refractivity contribution in [3.8, 4) is 0 Å². The molecule has 1 heterocycles. The Hall–Kier alpha value is -0.740. The first-order valence-electron chi connectivity index (χ1n) is 6.50. The molecule has 0 aromatic carbocycles. The zero-order chi connectivity index (χ0) is 12.1. The smallest absolute Gasteiger partial charge is 0.133 e. The molecule has 0 bridgehead atoms. The number of hydrogen-bond donors (Lipinski definition) is 1. The summed E-state index contributed by atoms with van der Waals surface area (Å²) < 4.78 is 6.15. The number of aromatic amines is 1. The second kappa shape index (κ2) is 6.26. The van der Waals surface area contributed by atoms with Crippen molar-refractivity contribution in [2.24, 2.45) is 0 Å². The summed E-state index contributed by atoms with van der Waals surface area (Å²) in [5.74, 6) is 0.976. The lowest BCUT2D eigenvalue weighted by molar-refractivity contribution is 0.149. The van der Waals surface area contributed by atoms with Crippen LogP contribution >= 0.6 is 12.2 Å². The molecule has 0 spiro atoms. The molecule has 1 aliphatic carbocycles. The van der Waals surface area contributed by atoms with E-state index in [-0.39, 0.29) is 0 Å². The van der Waals surface area contributed by atoms with Crippen LogP contribution in [-0.2, 0) is 24.0 Å². The molecule has 0 unspecified atom stereocenters. The second-order valence-corrected chi connectivity index (χ2v) is 4.84. The molecular formula is C13H20N2OS. The van der Waals surface area contributed by atoms with E-state index in [0.717, 1.165) is 36.3 Å². The Labute approximate surface area is 108 Å². The molecule has 0 saturated heterocycles. The maximum absolute atomic E-state index is 5.39. The number of H-pyrrole nitrogens is 1. The number of aryl methyl sites for hydroxylation is 1. The Morgan fingerprint density at radius 3 is 2.94 bits per heavy atom. The van der Waals surface area contributed by atoms with Gasteiger partial charge in [-0.1, -0.05) is 18.6 Å². The first-order valence-corrected chi connectivity index (χ1v) is 6.90. The van der Waals surface area contributed by atoms with Crippen LogP contribution in [0.25, 0.3) is 0 Å². The summed E-state index contributed by atoms with van der Waals surface area (Å²) in [6.07, 6.45) is 6.82. The highest BCUT2D eigenvalue weighted by Crippen LogP contribution is 2.19. The van der Waals surface area contributed by atoms with Crippen LogP contribution in [-0.4, -0.2) is 23.2 Å². The van der Waals surface area contributed by atoms with Gasteiger partial charge in [-0.2, -0.15) is 0 Å². The topological polar surface area (TPSA) is 37.9 Å². The van der Waals surface area contributed by atoms with Gasteiger partial charge in [-0.25, -0.2) is 4.98 Å². The quantitative estimate of drug-likeness (QED) is 0.508. The van der Waals surface area contributed by atoms with E-state index in [1.54, 1.807) is 0 Å². The van der Waals surface area contributed by atoms with Gasteiger partial charge in [0.05, 0.1) is 6.61 Å². The summed E-state index contributed by atoms with van der Waals surface area (Å²) in [5.41, 5.74) is 2.59. The zero-order valence-corrected chi connectivity index (χ0v) is 11.2. The summed E-state index contributed by atoms with van der Waals surface area (Å²) in [7, 11) is 0. The molecule has 0 atom stereocenters. The molecule has 0 radical (unpaired) electrons. The molecule has 3 nitrogen and oxygen atoms in total. The third-order valence-electron chi connectivity index (χ3n) is 3.19. The van der Waals surface area contributed by atoms with Crippen LogP contribution in [0.2, 0.25) is 0 Å². The van der Waals surface area contributed by atoms with Crippen molar-refractivity contribution in [1.29, 1.82) is 0 Å². The highest BCUT2D eigenvalue weighted by Gasteiger charge is 2.11. The fourth-order valence-corrected chi connectivity index (χ4v) is 2.62. The molecule has 2 rings (SSSR count). The van der Waals surface area contributed by atoms with E-state index in [1.807, 2.05) is 6.92 Å². The van der Waals surface area contributed by atoms with Crippen LogP contribution in [0, 0.1) is 4.64 Å². The minimum Gasteiger partial charge on any atom is -0.381 e. The number of ether oxygens (including phenoxy) is 1. The van der Waals surface area contributed by atoms with E-state index >= 15 is 0 Å². The Kier molecular flexibility index (Phi) is 4.68. The normalized spacial score (nSPS) is 15.4. The predicted molar refractivity (Wildman–Crippen MR) is 70.9 cm³/mol. The van der Waals surface area contributed by atoms with Crippen LogP contribution in [0.4, 0.5) is 0 Å². The van der Waals surface area contributed by atoms with Crippen molar-refractivity contribution in [2.75, 3.05) is 13.2 Å². The predicted octanol–water partition coefficient (Wildman–Crippen LogP) is 2.99. The van der Waals surface area contributed by atoms with Gasteiger partial charge < -0.3 is 9.72 Å². The first kappa shape index (κ1) is 12.7. The van der Waals surface area contributed by atoms with Gasteiger partial charge in [0.1, 0.15) is 10.5 Å². The van der Waals surface area contributed by atoms with Crippen molar-refractivity contribution in [3.05, 3.63) is 21.7 Å². The van der Waals surface area contributed by atoms with Gasteiger partial charge in [0.25, 0.3) is 0 Å². The van der Waals surface area contributed by atoms with E-state index in [9.17, 15) is 0 Å². The number of nitrogens with one attached hydrogen (secondary N) is 1. The van der Waals surface area contributed by atoms with Crippen molar-refractivity contribution in [3.63, 3.8) is 0 Å². The van der Waals surface area contributed by atoms with E-state index in [2.05, 4.69) is 9.97 Å². The van der Waals surface area contributed by atoms with E-state index in [0.29, 0.717) is 6.61 Å². The van der Waals surface area contributed by atoms with Gasteiger partial charge in [-0.15, -0.1) is 0 Å². The van der Waals surface area contributed by atoms with Crippen molar-refractivity contribution in [2.45, 2.75) is 45.4 Å². The fraction of sp³-hybridized carbons (Fsp3) is 0.692. The third kappa shape index (κ3) is 3.36. The molecule has 1 aromatic rings. The summed E-state index contributed by atoms with van der Waals surface area (Å²) in [6.45, 7) is 3.48. The van der Waals surface area contributed by atoms with Crippen LogP contribution in [0.15, 0.2) is 0 Å². The molecule has 1 N–H and O–H groups in total. The minimum atomic E-state index is 0.716. The first-order chi connectivity index (χ1) is 8.31. The van der Waals surface area contributed by atoms with Crippen molar-refractivity contribution < 1.29 is 4.74 Å². The Morgan fingerprint density at radius 1 is 1.29 bits per heavy atom. The summed E-state index contributed by atoms with van der Waals surface area (Å²) in [4.78, 5) is 7.93. The van der Waals surface area contributed by atoms with E-state index < -0.39 is 0 Å². The van der Waals surface area contributed by atoms with Gasteiger partial charge in [0, 0.05) is 24.3 Å². The monoisotopic (exact) mass is 252 g/mol. The molecule has 0 fully saturated rings. The lowest BCUT2D eigenvalue weighted by atomic mass is 10.1. The number of hydrogen-bond acceptors (Lipinski definition) is 3. The summed E-state index contributed by atoms with van der Waals surface area (Å²) >= 11 is 5.39. The highest BCUT2D eigenvalue weighted by molar-refractivity contribution is 7.71. The largest absolute Gasteiger partial charge is 0.381 e. The van der Waals surface area contributed by atoms with E-state index in [1.165, 1.54) is 30.5 Å². The van der Waals surface area contributed by atoms with Gasteiger partial charge in [-0.3, -0.25) is 0 Å². The molecule has 0 aliphatic heterocycles. The number of nitrogens with zero attached hydrogens (tertiary/aromatic N) is 1. The molecular weight excluding hydrogens is 232 g/mol. The van der Waals surface area contributed by atoms with Crippen LogP contribution in [0.5, 0.6) is 0 Å². The number of aromatic nitrogens is 2. The highest BCUT2D eigenvalue weighted by atomic mass is 32.1. The van der Waals surface area contributed by atoms with Crippen LogP contribution < -0.4 is 0 Å². The number of fused-ring (bicyclic) bond motifs is 1. The van der Waals surface area contributed by atoms with Crippen LogP contribution in [0.3, 0.4) is 0 Å². The second-order valence-electron chi connectivity index (χ2n) is 4.45. The zero-order valence-electron chi connectivity index (χ0n) is 10.4. The maximum Gasteiger partial charge on any atom is 0.133 e. The minimum absolute atomic E-state index is 0.716. The molecule has 4 heteroatoms. The third-order valence-corrected chi connectivity index (χ3v) is 3.53. The van der Waals surface area contributed by atoms with E-state index in [4.69, 9.17) is 17.0 Å². The molecule has 17 heavy (non-hydrogen) atoms. The molecule has 0 saturated carbocycles. The average molecular weight is 252 g/mol. The maximum atomic E-state index is 5.39. The van der Waals surface area contributed by atoms with Gasteiger partial charge in [0.15, 0.2) is 0 Å². The lowest BCUT2D eigenvalue weighted by Gasteiger charge is -2.09. The summed E-state index contributed by atoms with van der Waals surface area (Å²) in [5, 5.41) is 0. The van der Waals surface area contributed by atoms with Gasteiger partial charge >= 0.3 is 0 Å². The Balaban J connectivity index is 2.17.